The Morgan fingerprint density at radius 3 is 2.00 bits per heavy atom. The van der Waals surface area contributed by atoms with E-state index in [1.807, 2.05) is 0 Å². The van der Waals surface area contributed by atoms with E-state index >= 15 is 0 Å². The molecule has 2 rings (SSSR count). The van der Waals surface area contributed by atoms with E-state index in [1.165, 1.54) is 71.4 Å². The maximum absolute atomic E-state index is 5.95. The van der Waals surface area contributed by atoms with Crippen LogP contribution in [-0.4, -0.2) is 61.3 Å². The van der Waals surface area contributed by atoms with Gasteiger partial charge in [-0.3, -0.25) is 0 Å². The van der Waals surface area contributed by atoms with Crippen molar-refractivity contribution in [3.05, 3.63) is 0 Å². The highest BCUT2D eigenvalue weighted by Crippen LogP contribution is 2.23. The molecule has 0 amide bonds. The highest BCUT2D eigenvalue weighted by atomic mass is 16.5. The number of likely N-dealkylation sites (tertiary alicyclic amines) is 2. The summed E-state index contributed by atoms with van der Waals surface area (Å²) in [5.74, 6) is 1.78. The summed E-state index contributed by atoms with van der Waals surface area (Å²) in [6.07, 6.45) is 7.59. The van der Waals surface area contributed by atoms with Crippen molar-refractivity contribution in [3.63, 3.8) is 0 Å². The van der Waals surface area contributed by atoms with Gasteiger partial charge in [0.05, 0.1) is 12.2 Å². The van der Waals surface area contributed by atoms with Crippen LogP contribution in [0.25, 0.3) is 0 Å². The van der Waals surface area contributed by atoms with Crippen LogP contribution in [0.15, 0.2) is 0 Å². The van der Waals surface area contributed by atoms with Crippen molar-refractivity contribution in [2.45, 2.75) is 72.0 Å². The van der Waals surface area contributed by atoms with E-state index < -0.39 is 0 Å². The van der Waals surface area contributed by atoms with Crippen LogP contribution in [0.5, 0.6) is 0 Å². The summed E-state index contributed by atoms with van der Waals surface area (Å²) in [5, 5.41) is 0. The monoisotopic (exact) mass is 310 g/mol. The summed E-state index contributed by atoms with van der Waals surface area (Å²) >= 11 is 0. The van der Waals surface area contributed by atoms with Gasteiger partial charge in [0.25, 0.3) is 0 Å². The van der Waals surface area contributed by atoms with Gasteiger partial charge >= 0.3 is 0 Å². The minimum absolute atomic E-state index is 0.382. The van der Waals surface area contributed by atoms with Gasteiger partial charge in [0, 0.05) is 19.6 Å². The highest BCUT2D eigenvalue weighted by Gasteiger charge is 2.23. The van der Waals surface area contributed by atoms with E-state index in [0.29, 0.717) is 12.2 Å². The minimum Gasteiger partial charge on any atom is -0.375 e. The molecule has 0 aromatic rings. The van der Waals surface area contributed by atoms with E-state index in [1.54, 1.807) is 0 Å². The fraction of sp³-hybridized carbons (Fsp3) is 1.00. The number of nitrogens with zero attached hydrogens (tertiary/aromatic N) is 2. The van der Waals surface area contributed by atoms with Gasteiger partial charge in [-0.15, -0.1) is 0 Å². The number of piperidine rings is 2. The molecule has 2 aliphatic rings. The van der Waals surface area contributed by atoms with Gasteiger partial charge in [0.15, 0.2) is 0 Å². The van der Waals surface area contributed by atoms with Gasteiger partial charge in [-0.2, -0.15) is 0 Å². The molecule has 3 nitrogen and oxygen atoms in total. The van der Waals surface area contributed by atoms with Crippen molar-refractivity contribution in [1.82, 2.24) is 9.80 Å². The van der Waals surface area contributed by atoms with E-state index in [-0.39, 0.29) is 0 Å². The fourth-order valence-electron chi connectivity index (χ4n) is 3.99. The molecule has 0 N–H and O–H groups in total. The number of ether oxygens (including phenoxy) is 1. The molecule has 0 atom stereocenters. The fourth-order valence-corrected chi connectivity index (χ4v) is 3.99. The lowest BCUT2D eigenvalue weighted by Gasteiger charge is -2.36. The highest BCUT2D eigenvalue weighted by molar-refractivity contribution is 4.77. The molecule has 0 bridgehead atoms. The van der Waals surface area contributed by atoms with Gasteiger partial charge in [0.2, 0.25) is 0 Å². The molecule has 0 aromatic heterocycles. The van der Waals surface area contributed by atoms with Crippen LogP contribution in [0.3, 0.4) is 0 Å². The molecule has 0 unspecified atom stereocenters. The van der Waals surface area contributed by atoms with Gasteiger partial charge < -0.3 is 14.5 Å². The van der Waals surface area contributed by atoms with Crippen molar-refractivity contribution in [1.29, 1.82) is 0 Å². The maximum Gasteiger partial charge on any atom is 0.0603 e. The Morgan fingerprint density at radius 2 is 1.45 bits per heavy atom. The summed E-state index contributed by atoms with van der Waals surface area (Å²) in [6.45, 7) is 16.7. The summed E-state index contributed by atoms with van der Waals surface area (Å²) in [4.78, 5) is 5.33. The second kappa shape index (κ2) is 9.24. The summed E-state index contributed by atoms with van der Waals surface area (Å²) in [6, 6.07) is 0. The molecule has 2 aliphatic heterocycles. The number of hydrogen-bond donors (Lipinski definition) is 0. The molecule has 130 valence electrons. The van der Waals surface area contributed by atoms with Crippen LogP contribution in [0, 0.1) is 11.8 Å². The first kappa shape index (κ1) is 18.2. The van der Waals surface area contributed by atoms with E-state index in [0.717, 1.165) is 11.8 Å². The first-order valence-corrected chi connectivity index (χ1v) is 9.63. The molecule has 2 heterocycles. The van der Waals surface area contributed by atoms with Crippen molar-refractivity contribution < 1.29 is 4.74 Å². The van der Waals surface area contributed by atoms with E-state index in [9.17, 15) is 0 Å². The first-order valence-electron chi connectivity index (χ1n) is 9.63. The number of rotatable bonds is 7. The average molecular weight is 311 g/mol. The molecule has 0 radical (unpaired) electrons. The third-order valence-corrected chi connectivity index (χ3v) is 5.18. The van der Waals surface area contributed by atoms with Gasteiger partial charge in [-0.25, -0.2) is 0 Å². The van der Waals surface area contributed by atoms with Crippen LogP contribution >= 0.6 is 0 Å². The topological polar surface area (TPSA) is 15.7 Å². The SMILES string of the molecule is CC(C)CN1CCC(CCN2CCC(OC(C)C)CC2)CC1. The Hall–Kier alpha value is -0.120. The Balaban J connectivity index is 1.56. The minimum atomic E-state index is 0.382. The van der Waals surface area contributed by atoms with Gasteiger partial charge in [-0.1, -0.05) is 13.8 Å². The smallest absolute Gasteiger partial charge is 0.0603 e. The zero-order valence-corrected chi connectivity index (χ0v) is 15.4. The molecular weight excluding hydrogens is 272 g/mol. The second-order valence-corrected chi connectivity index (χ2v) is 8.15. The van der Waals surface area contributed by atoms with Crippen molar-refractivity contribution in [2.75, 3.05) is 39.3 Å². The van der Waals surface area contributed by atoms with Crippen molar-refractivity contribution in [3.8, 4) is 0 Å². The third kappa shape index (κ3) is 6.55. The Bertz CT molecular complexity index is 260. The van der Waals surface area contributed by atoms with Crippen LogP contribution in [0.2, 0.25) is 0 Å². The summed E-state index contributed by atoms with van der Waals surface area (Å²) < 4.78 is 5.95. The average Bonchev–Trinajstić information content (AvgIpc) is 2.47. The van der Waals surface area contributed by atoms with Gasteiger partial charge in [-0.05, 0) is 77.4 Å². The van der Waals surface area contributed by atoms with Crippen molar-refractivity contribution >= 4 is 0 Å². The third-order valence-electron chi connectivity index (χ3n) is 5.18. The van der Waals surface area contributed by atoms with Crippen LogP contribution in [0.4, 0.5) is 0 Å². The molecule has 3 heteroatoms. The predicted octanol–water partition coefficient (Wildman–Crippen LogP) is 3.63. The lowest BCUT2D eigenvalue weighted by atomic mass is 9.92. The number of hydrogen-bond acceptors (Lipinski definition) is 3. The predicted molar refractivity (Wildman–Crippen MR) is 94.3 cm³/mol. The first-order chi connectivity index (χ1) is 10.5. The maximum atomic E-state index is 5.95. The summed E-state index contributed by atoms with van der Waals surface area (Å²) in [7, 11) is 0. The van der Waals surface area contributed by atoms with Crippen LogP contribution in [0.1, 0.15) is 59.8 Å². The lowest BCUT2D eigenvalue weighted by molar-refractivity contribution is -0.0275. The second-order valence-electron chi connectivity index (χ2n) is 8.15. The molecule has 0 aromatic carbocycles. The van der Waals surface area contributed by atoms with E-state index in [4.69, 9.17) is 4.74 Å². The standard InChI is InChI=1S/C19H38N2O/c1-16(2)15-21-11-6-18(7-12-21)5-10-20-13-8-19(9-14-20)22-17(3)4/h16-19H,5-15H2,1-4H3. The molecular formula is C19H38N2O. The van der Waals surface area contributed by atoms with E-state index in [2.05, 4.69) is 37.5 Å². The largest absolute Gasteiger partial charge is 0.375 e. The van der Waals surface area contributed by atoms with Crippen LogP contribution in [-0.2, 0) is 4.74 Å². The summed E-state index contributed by atoms with van der Waals surface area (Å²) in [5.41, 5.74) is 0. The molecule has 0 aliphatic carbocycles. The lowest BCUT2D eigenvalue weighted by Crippen LogP contribution is -2.40. The Kier molecular flexibility index (Phi) is 7.66. The molecule has 0 spiro atoms. The Morgan fingerprint density at radius 1 is 0.864 bits per heavy atom. The molecule has 22 heavy (non-hydrogen) atoms. The molecule has 0 saturated carbocycles. The van der Waals surface area contributed by atoms with Crippen molar-refractivity contribution in [2.24, 2.45) is 11.8 Å². The normalized spacial score (nSPS) is 23.7. The van der Waals surface area contributed by atoms with Gasteiger partial charge in [0.1, 0.15) is 0 Å². The zero-order valence-electron chi connectivity index (χ0n) is 15.4. The van der Waals surface area contributed by atoms with Crippen LogP contribution < -0.4 is 0 Å². The molecule has 2 fully saturated rings. The quantitative estimate of drug-likeness (QED) is 0.714. The zero-order chi connectivity index (χ0) is 15.9. The Labute approximate surface area is 138 Å². The molecule has 2 saturated heterocycles.